The van der Waals surface area contributed by atoms with Crippen molar-refractivity contribution in [3.8, 4) is 0 Å². The van der Waals surface area contributed by atoms with Gasteiger partial charge in [0.05, 0.1) is 6.04 Å². The third-order valence-corrected chi connectivity index (χ3v) is 2.97. The number of hydrogen-bond acceptors (Lipinski definition) is 3. The zero-order valence-electron chi connectivity index (χ0n) is 11.4. The van der Waals surface area contributed by atoms with Crippen LogP contribution in [0.25, 0.3) is 0 Å². The molecule has 1 rings (SSSR count). The van der Waals surface area contributed by atoms with Gasteiger partial charge < -0.3 is 14.8 Å². The van der Waals surface area contributed by atoms with Gasteiger partial charge in [0.1, 0.15) is 0 Å². The van der Waals surface area contributed by atoms with Gasteiger partial charge in [-0.05, 0) is 12.5 Å². The van der Waals surface area contributed by atoms with Gasteiger partial charge in [0.15, 0.2) is 5.79 Å². The molecule has 0 aliphatic carbocycles. The van der Waals surface area contributed by atoms with Crippen molar-refractivity contribution >= 4 is 0 Å². The number of benzene rings is 1. The van der Waals surface area contributed by atoms with Crippen LogP contribution in [0.2, 0.25) is 0 Å². The van der Waals surface area contributed by atoms with Gasteiger partial charge in [-0.3, -0.25) is 0 Å². The molecule has 96 valence electrons. The SMILES string of the molecule is COC(C)(OC)C(NC(C)C)c1ccccc1. The largest absolute Gasteiger partial charge is 0.352 e. The Morgan fingerprint density at radius 2 is 1.59 bits per heavy atom. The molecule has 0 spiro atoms. The smallest absolute Gasteiger partial charge is 0.184 e. The molecule has 3 nitrogen and oxygen atoms in total. The summed E-state index contributed by atoms with van der Waals surface area (Å²) in [5, 5.41) is 3.49. The van der Waals surface area contributed by atoms with E-state index in [0.717, 1.165) is 5.56 Å². The summed E-state index contributed by atoms with van der Waals surface area (Å²) >= 11 is 0. The van der Waals surface area contributed by atoms with E-state index < -0.39 is 5.79 Å². The zero-order chi connectivity index (χ0) is 12.9. The third kappa shape index (κ3) is 3.53. The van der Waals surface area contributed by atoms with Crippen molar-refractivity contribution in [2.75, 3.05) is 14.2 Å². The average molecular weight is 237 g/mol. The summed E-state index contributed by atoms with van der Waals surface area (Å²) in [5.41, 5.74) is 1.16. The van der Waals surface area contributed by atoms with Gasteiger partial charge in [0.2, 0.25) is 0 Å². The lowest BCUT2D eigenvalue weighted by Crippen LogP contribution is -2.46. The number of methoxy groups -OCH3 is 2. The first-order valence-electron chi connectivity index (χ1n) is 5.94. The van der Waals surface area contributed by atoms with Crippen LogP contribution in [0, 0.1) is 0 Å². The Hall–Kier alpha value is -0.900. The number of rotatable bonds is 6. The monoisotopic (exact) mass is 237 g/mol. The molecule has 1 unspecified atom stereocenters. The standard InChI is InChI=1S/C14H23NO2/c1-11(2)15-13(14(3,16-4)17-5)12-9-7-6-8-10-12/h6-11,13,15H,1-5H3. The van der Waals surface area contributed by atoms with E-state index in [9.17, 15) is 0 Å². The van der Waals surface area contributed by atoms with Gasteiger partial charge in [-0.15, -0.1) is 0 Å². The van der Waals surface area contributed by atoms with Crippen molar-refractivity contribution in [3.05, 3.63) is 35.9 Å². The Bertz CT molecular complexity index is 320. The highest BCUT2D eigenvalue weighted by Crippen LogP contribution is 2.29. The second kappa shape index (κ2) is 6.15. The van der Waals surface area contributed by atoms with E-state index in [0.29, 0.717) is 6.04 Å². The second-order valence-corrected chi connectivity index (χ2v) is 4.59. The summed E-state index contributed by atoms with van der Waals surface area (Å²) in [7, 11) is 3.34. The van der Waals surface area contributed by atoms with E-state index in [4.69, 9.17) is 9.47 Å². The molecule has 0 heterocycles. The maximum atomic E-state index is 5.52. The Morgan fingerprint density at radius 1 is 1.06 bits per heavy atom. The van der Waals surface area contributed by atoms with Crippen LogP contribution in [-0.4, -0.2) is 26.0 Å². The molecule has 0 radical (unpaired) electrons. The fourth-order valence-corrected chi connectivity index (χ4v) is 1.85. The van der Waals surface area contributed by atoms with Crippen molar-refractivity contribution < 1.29 is 9.47 Å². The summed E-state index contributed by atoms with van der Waals surface area (Å²) in [5.74, 6) is -0.675. The normalized spacial score (nSPS) is 14.0. The van der Waals surface area contributed by atoms with Crippen LogP contribution in [0.4, 0.5) is 0 Å². The van der Waals surface area contributed by atoms with Crippen molar-refractivity contribution in [2.45, 2.75) is 38.6 Å². The van der Waals surface area contributed by atoms with Gasteiger partial charge in [-0.2, -0.15) is 0 Å². The topological polar surface area (TPSA) is 30.5 Å². The quantitative estimate of drug-likeness (QED) is 0.772. The first kappa shape index (κ1) is 14.2. The van der Waals surface area contributed by atoms with Gasteiger partial charge >= 0.3 is 0 Å². The van der Waals surface area contributed by atoms with Crippen LogP contribution in [0.5, 0.6) is 0 Å². The number of hydrogen-bond donors (Lipinski definition) is 1. The lowest BCUT2D eigenvalue weighted by Gasteiger charge is -2.37. The lowest BCUT2D eigenvalue weighted by molar-refractivity contribution is -0.215. The molecule has 0 bridgehead atoms. The highest BCUT2D eigenvalue weighted by atomic mass is 16.7. The van der Waals surface area contributed by atoms with Crippen molar-refractivity contribution in [2.24, 2.45) is 0 Å². The fourth-order valence-electron chi connectivity index (χ4n) is 1.85. The Kier molecular flexibility index (Phi) is 5.12. The van der Waals surface area contributed by atoms with Crippen LogP contribution >= 0.6 is 0 Å². The van der Waals surface area contributed by atoms with Crippen molar-refractivity contribution in [1.29, 1.82) is 0 Å². The minimum atomic E-state index is -0.675. The van der Waals surface area contributed by atoms with E-state index in [1.54, 1.807) is 14.2 Å². The first-order chi connectivity index (χ1) is 8.03. The molecule has 1 aromatic carbocycles. The molecule has 1 atom stereocenters. The lowest BCUT2D eigenvalue weighted by atomic mass is 9.98. The molecule has 17 heavy (non-hydrogen) atoms. The van der Waals surface area contributed by atoms with Gasteiger partial charge in [0.25, 0.3) is 0 Å². The first-order valence-corrected chi connectivity index (χ1v) is 5.94. The molecule has 1 aromatic rings. The highest BCUT2D eigenvalue weighted by molar-refractivity contribution is 5.21. The van der Waals surface area contributed by atoms with Gasteiger partial charge in [-0.1, -0.05) is 44.2 Å². The third-order valence-electron chi connectivity index (χ3n) is 2.97. The molecular weight excluding hydrogens is 214 g/mol. The summed E-state index contributed by atoms with van der Waals surface area (Å²) in [6.07, 6.45) is 0. The van der Waals surface area contributed by atoms with Crippen LogP contribution in [0.15, 0.2) is 30.3 Å². The summed E-state index contributed by atoms with van der Waals surface area (Å²) in [6, 6.07) is 10.6. The van der Waals surface area contributed by atoms with Crippen LogP contribution in [-0.2, 0) is 9.47 Å². The molecule has 0 aliphatic heterocycles. The summed E-state index contributed by atoms with van der Waals surface area (Å²) in [4.78, 5) is 0. The second-order valence-electron chi connectivity index (χ2n) is 4.59. The predicted molar refractivity (Wildman–Crippen MR) is 69.9 cm³/mol. The minimum absolute atomic E-state index is 0.00120. The van der Waals surface area contributed by atoms with Crippen molar-refractivity contribution in [1.82, 2.24) is 5.32 Å². The van der Waals surface area contributed by atoms with Crippen molar-refractivity contribution in [3.63, 3.8) is 0 Å². The maximum absolute atomic E-state index is 5.52. The summed E-state index contributed by atoms with van der Waals surface area (Å²) < 4.78 is 11.0. The average Bonchev–Trinajstić information content (AvgIpc) is 2.36. The van der Waals surface area contributed by atoms with E-state index >= 15 is 0 Å². The highest BCUT2D eigenvalue weighted by Gasteiger charge is 2.35. The Balaban J connectivity index is 3.03. The molecule has 0 saturated carbocycles. The maximum Gasteiger partial charge on any atom is 0.184 e. The molecule has 0 saturated heterocycles. The molecule has 0 fully saturated rings. The van der Waals surface area contributed by atoms with E-state index in [-0.39, 0.29) is 6.04 Å². The van der Waals surface area contributed by atoms with E-state index in [1.807, 2.05) is 25.1 Å². The predicted octanol–water partition coefficient (Wildman–Crippen LogP) is 2.73. The molecule has 0 aromatic heterocycles. The summed E-state index contributed by atoms with van der Waals surface area (Å²) in [6.45, 7) is 6.17. The number of ether oxygens (including phenoxy) is 2. The number of nitrogens with one attached hydrogen (secondary N) is 1. The molecule has 1 N–H and O–H groups in total. The Morgan fingerprint density at radius 3 is 2.00 bits per heavy atom. The van der Waals surface area contributed by atoms with Gasteiger partial charge in [-0.25, -0.2) is 0 Å². The minimum Gasteiger partial charge on any atom is -0.352 e. The molecule has 3 heteroatoms. The molecular formula is C14H23NO2. The van der Waals surface area contributed by atoms with E-state index in [1.165, 1.54) is 0 Å². The van der Waals surface area contributed by atoms with Crippen LogP contribution in [0.1, 0.15) is 32.4 Å². The van der Waals surface area contributed by atoms with E-state index in [2.05, 4.69) is 31.3 Å². The van der Waals surface area contributed by atoms with Crippen LogP contribution in [0.3, 0.4) is 0 Å². The molecule has 0 aliphatic rings. The van der Waals surface area contributed by atoms with Crippen LogP contribution < -0.4 is 5.32 Å². The van der Waals surface area contributed by atoms with Gasteiger partial charge in [0, 0.05) is 20.3 Å². The Labute approximate surface area is 104 Å². The fraction of sp³-hybridized carbons (Fsp3) is 0.571. The zero-order valence-corrected chi connectivity index (χ0v) is 11.4. The molecule has 0 amide bonds.